The first-order valence-electron chi connectivity index (χ1n) is 6.86. The quantitative estimate of drug-likeness (QED) is 0.320. The Morgan fingerprint density at radius 3 is 2.54 bits per heavy atom. The molecule has 4 N–H and O–H groups in total. The van der Waals surface area contributed by atoms with Crippen LogP contribution in [0.15, 0.2) is 52.7 Å². The van der Waals surface area contributed by atoms with Crippen LogP contribution in [0.4, 0.5) is 0 Å². The summed E-state index contributed by atoms with van der Waals surface area (Å²) in [4.78, 5) is 0. The van der Waals surface area contributed by atoms with Gasteiger partial charge in [-0.25, -0.2) is 0 Å². The molecule has 0 radical (unpaired) electrons. The molecule has 0 amide bonds. The first-order chi connectivity index (χ1) is 11.5. The molecule has 0 saturated carbocycles. The zero-order valence-electron chi connectivity index (χ0n) is 12.4. The van der Waals surface area contributed by atoms with Gasteiger partial charge in [0.2, 0.25) is 0 Å². The number of benzene rings is 2. The minimum atomic E-state index is -1.77. The average molecular weight is 382 g/mol. The predicted octanol–water partition coefficient (Wildman–Crippen LogP) is 2.26. The second kappa shape index (κ2) is 9.10. The number of rotatable bonds is 5. The molecule has 9 heteroatoms. The van der Waals surface area contributed by atoms with Crippen molar-refractivity contribution in [3.63, 3.8) is 0 Å². The van der Waals surface area contributed by atoms with Crippen LogP contribution in [0.1, 0.15) is 11.1 Å². The van der Waals surface area contributed by atoms with Gasteiger partial charge in [0.1, 0.15) is 0 Å². The molecule has 0 fully saturated rings. The normalized spacial score (nSPS) is 11.9. The topological polar surface area (TPSA) is 91.2 Å². The number of hydrogen-bond donors (Lipinski definition) is 3. The molecule has 0 atom stereocenters. The highest BCUT2D eigenvalue weighted by molar-refractivity contribution is 8.13. The number of hydrogen-bond acceptors (Lipinski definition) is 5. The monoisotopic (exact) mass is 381 g/mol. The molecular weight excluding hydrogens is 368 g/mol. The Kier molecular flexibility index (Phi) is 7.14. The summed E-state index contributed by atoms with van der Waals surface area (Å²) >= 11 is 13.3. The van der Waals surface area contributed by atoms with Crippen molar-refractivity contribution in [3.8, 4) is 0 Å². The highest BCUT2D eigenvalue weighted by Gasteiger charge is 2.20. The summed E-state index contributed by atoms with van der Waals surface area (Å²) in [5.41, 5.74) is 7.40. The molecule has 0 aromatic heterocycles. The second-order valence-corrected chi connectivity index (χ2v) is 6.48. The van der Waals surface area contributed by atoms with Crippen LogP contribution in [-0.2, 0) is 5.75 Å². The van der Waals surface area contributed by atoms with Crippen LogP contribution < -0.4 is 11.2 Å². The average Bonchev–Trinajstić information content (AvgIpc) is 2.56. The van der Waals surface area contributed by atoms with Crippen molar-refractivity contribution in [2.24, 2.45) is 15.9 Å². The Morgan fingerprint density at radius 1 is 1.17 bits per heavy atom. The number of thioether (sulfide) groups is 1. The zero-order valence-corrected chi connectivity index (χ0v) is 14.8. The number of amidine groups is 1. The van der Waals surface area contributed by atoms with Crippen molar-refractivity contribution < 1.29 is 10.0 Å². The van der Waals surface area contributed by atoms with Crippen molar-refractivity contribution >= 4 is 58.9 Å². The largest absolute Gasteiger partial charge is 0.491 e. The molecule has 0 bridgehead atoms. The van der Waals surface area contributed by atoms with Gasteiger partial charge in [-0.05, 0) is 11.6 Å². The maximum atomic E-state index is 9.29. The third kappa shape index (κ3) is 5.26. The molecular formula is C15H14BCl2N3O2S. The predicted molar refractivity (Wildman–Crippen MR) is 103 cm³/mol. The number of nitrogens with two attached hydrogens (primary N) is 1. The minimum absolute atomic E-state index is 0.0256. The first kappa shape index (κ1) is 18.8. The molecule has 0 saturated heterocycles. The van der Waals surface area contributed by atoms with E-state index in [1.54, 1.807) is 6.07 Å². The van der Waals surface area contributed by atoms with Crippen LogP contribution in [0, 0.1) is 0 Å². The van der Waals surface area contributed by atoms with Crippen LogP contribution in [0.3, 0.4) is 0 Å². The zero-order chi connectivity index (χ0) is 17.5. The standard InChI is InChI=1S/C15H14BCl2N3O2S/c17-12-7-6-11(14(18)13(12)16(22)23)8-20-21-15(19)24-9-10-4-2-1-3-5-10/h1-8,22-23H,9H2,(H2,19,21). The van der Waals surface area contributed by atoms with Crippen LogP contribution in [0.25, 0.3) is 0 Å². The summed E-state index contributed by atoms with van der Waals surface area (Å²) in [5, 5.41) is 26.9. The van der Waals surface area contributed by atoms with Gasteiger partial charge in [-0.1, -0.05) is 71.4 Å². The maximum absolute atomic E-state index is 9.29. The molecule has 0 aliphatic rings. The van der Waals surface area contributed by atoms with Crippen molar-refractivity contribution in [2.45, 2.75) is 5.75 Å². The molecule has 0 aliphatic heterocycles. The fraction of sp³-hybridized carbons (Fsp3) is 0.0667. The lowest BCUT2D eigenvalue weighted by atomic mass is 9.79. The van der Waals surface area contributed by atoms with Gasteiger partial charge in [0, 0.05) is 21.8 Å². The Bertz CT molecular complexity index is 758. The maximum Gasteiger partial charge on any atom is 0.491 e. The fourth-order valence-electron chi connectivity index (χ4n) is 1.83. The van der Waals surface area contributed by atoms with E-state index < -0.39 is 7.12 Å². The lowest BCUT2D eigenvalue weighted by Crippen LogP contribution is -2.32. The third-order valence-corrected chi connectivity index (χ3v) is 4.60. The van der Waals surface area contributed by atoms with Crippen molar-refractivity contribution in [1.29, 1.82) is 0 Å². The van der Waals surface area contributed by atoms with E-state index >= 15 is 0 Å². The number of halogens is 2. The van der Waals surface area contributed by atoms with E-state index in [2.05, 4.69) is 10.2 Å². The summed E-state index contributed by atoms with van der Waals surface area (Å²) < 4.78 is 0. The van der Waals surface area contributed by atoms with E-state index in [0.717, 1.165) is 5.56 Å². The minimum Gasteiger partial charge on any atom is -0.423 e. The van der Waals surface area contributed by atoms with Crippen LogP contribution in [0.5, 0.6) is 0 Å². The molecule has 0 aliphatic carbocycles. The van der Waals surface area contributed by atoms with Crippen LogP contribution >= 0.6 is 35.0 Å². The Labute approximate surface area is 154 Å². The Balaban J connectivity index is 2.04. The molecule has 0 unspecified atom stereocenters. The molecule has 24 heavy (non-hydrogen) atoms. The molecule has 5 nitrogen and oxygen atoms in total. The van der Waals surface area contributed by atoms with Gasteiger partial charge in [0.25, 0.3) is 0 Å². The summed E-state index contributed by atoms with van der Waals surface area (Å²) in [7, 11) is -1.77. The van der Waals surface area contributed by atoms with Crippen LogP contribution in [0.2, 0.25) is 10.0 Å². The molecule has 0 heterocycles. The molecule has 0 spiro atoms. The van der Waals surface area contributed by atoms with E-state index in [0.29, 0.717) is 16.5 Å². The van der Waals surface area contributed by atoms with Gasteiger partial charge >= 0.3 is 7.12 Å². The first-order valence-corrected chi connectivity index (χ1v) is 8.60. The van der Waals surface area contributed by atoms with E-state index in [1.165, 1.54) is 24.0 Å². The summed E-state index contributed by atoms with van der Waals surface area (Å²) in [6.07, 6.45) is 1.38. The molecule has 2 aromatic rings. The number of nitrogens with zero attached hydrogens (tertiary/aromatic N) is 2. The van der Waals surface area contributed by atoms with Crippen molar-refractivity contribution in [2.75, 3.05) is 0 Å². The molecule has 2 rings (SSSR count). The Hall–Kier alpha value is -1.51. The van der Waals surface area contributed by atoms with Gasteiger partial charge in [0.05, 0.1) is 11.2 Å². The SMILES string of the molecule is NC(=NN=Cc1ccc(Cl)c(B(O)O)c1Cl)SCc1ccccc1. The summed E-state index contributed by atoms with van der Waals surface area (Å²) in [6.45, 7) is 0. The smallest absolute Gasteiger partial charge is 0.423 e. The Morgan fingerprint density at radius 2 is 1.88 bits per heavy atom. The van der Waals surface area contributed by atoms with Gasteiger partial charge in [0.15, 0.2) is 5.17 Å². The van der Waals surface area contributed by atoms with E-state index in [9.17, 15) is 10.0 Å². The van der Waals surface area contributed by atoms with Gasteiger partial charge in [-0.15, -0.1) is 5.10 Å². The van der Waals surface area contributed by atoms with Crippen LogP contribution in [-0.4, -0.2) is 28.5 Å². The third-order valence-electron chi connectivity index (χ3n) is 3.00. The van der Waals surface area contributed by atoms with E-state index in [4.69, 9.17) is 28.9 Å². The van der Waals surface area contributed by atoms with Crippen molar-refractivity contribution in [1.82, 2.24) is 0 Å². The highest BCUT2D eigenvalue weighted by atomic mass is 35.5. The van der Waals surface area contributed by atoms with E-state index in [1.807, 2.05) is 30.3 Å². The summed E-state index contributed by atoms with van der Waals surface area (Å²) in [6, 6.07) is 13.0. The molecule has 2 aromatic carbocycles. The van der Waals surface area contributed by atoms with E-state index in [-0.39, 0.29) is 15.5 Å². The van der Waals surface area contributed by atoms with Gasteiger partial charge < -0.3 is 15.8 Å². The second-order valence-electron chi connectivity index (χ2n) is 4.70. The fourth-order valence-corrected chi connectivity index (χ4v) is 3.06. The van der Waals surface area contributed by atoms with Gasteiger partial charge in [-0.2, -0.15) is 5.10 Å². The molecule has 124 valence electrons. The summed E-state index contributed by atoms with van der Waals surface area (Å²) in [5.74, 6) is 0.689. The lowest BCUT2D eigenvalue weighted by Gasteiger charge is -2.07. The lowest BCUT2D eigenvalue weighted by molar-refractivity contribution is 0.426. The highest BCUT2D eigenvalue weighted by Crippen LogP contribution is 2.18. The van der Waals surface area contributed by atoms with Crippen molar-refractivity contribution in [3.05, 3.63) is 63.6 Å². The van der Waals surface area contributed by atoms with Gasteiger partial charge in [-0.3, -0.25) is 0 Å².